The minimum atomic E-state index is -0.591. The van der Waals surface area contributed by atoms with E-state index in [2.05, 4.69) is 153 Å². The van der Waals surface area contributed by atoms with Crippen LogP contribution in [0.5, 0.6) is 11.5 Å². The minimum Gasteiger partial charge on any atom is -0.457 e. The van der Waals surface area contributed by atoms with Crippen molar-refractivity contribution >= 4 is 0 Å². The number of ether oxygens (including phenoxy) is 1. The summed E-state index contributed by atoms with van der Waals surface area (Å²) < 4.78 is 6.60. The predicted octanol–water partition coefficient (Wildman–Crippen LogP) is 12.1. The molecule has 0 unspecified atom stereocenters. The third-order valence-corrected chi connectivity index (χ3v) is 11.4. The highest BCUT2D eigenvalue weighted by molar-refractivity contribution is 5.79. The second kappa shape index (κ2) is 12.5. The van der Waals surface area contributed by atoms with Crippen LogP contribution in [0.1, 0.15) is 52.8 Å². The molecule has 0 saturated carbocycles. The topological polar surface area (TPSA) is 58.8 Å². The van der Waals surface area contributed by atoms with Crippen LogP contribution in [0.2, 0.25) is 0 Å². The van der Waals surface area contributed by atoms with Crippen LogP contribution in [-0.2, 0) is 10.8 Å². The highest BCUT2D eigenvalue weighted by atomic mass is 16.5. The van der Waals surface area contributed by atoms with Crippen LogP contribution in [0.15, 0.2) is 176 Å². The van der Waals surface area contributed by atoms with Crippen LogP contribution in [0.25, 0.3) is 45.0 Å². The van der Waals surface area contributed by atoms with E-state index in [0.29, 0.717) is 11.4 Å². The van der Waals surface area contributed by atoms with E-state index >= 15 is 0 Å². The molecule has 260 valence electrons. The highest BCUT2D eigenvalue weighted by Gasteiger charge is 2.52. The van der Waals surface area contributed by atoms with Crippen molar-refractivity contribution in [1.29, 1.82) is 5.26 Å². The molecular formula is C51H35N3O. The Morgan fingerprint density at radius 3 is 1.69 bits per heavy atom. The molecule has 2 aliphatic rings. The average molecular weight is 706 g/mol. The lowest BCUT2D eigenvalue weighted by Gasteiger charge is -2.50. The summed E-state index contributed by atoms with van der Waals surface area (Å²) in [6.45, 7) is 4.66. The van der Waals surface area contributed by atoms with Crippen LogP contribution in [-0.4, -0.2) is 9.97 Å². The highest BCUT2D eigenvalue weighted by Crippen LogP contribution is 2.61. The largest absolute Gasteiger partial charge is 0.457 e. The van der Waals surface area contributed by atoms with Gasteiger partial charge in [-0.3, -0.25) is 0 Å². The molecule has 4 nitrogen and oxygen atoms in total. The first-order valence-electron chi connectivity index (χ1n) is 18.6. The molecular weight excluding hydrogens is 671 g/mol. The van der Waals surface area contributed by atoms with Crippen molar-refractivity contribution in [2.45, 2.75) is 24.7 Å². The lowest BCUT2D eigenvalue weighted by Crippen LogP contribution is -2.43. The predicted molar refractivity (Wildman–Crippen MR) is 219 cm³/mol. The number of fused-ring (bicyclic) bond motifs is 8. The molecule has 0 atom stereocenters. The van der Waals surface area contributed by atoms with E-state index in [1.807, 2.05) is 42.5 Å². The molecule has 0 N–H and O–H groups in total. The van der Waals surface area contributed by atoms with Gasteiger partial charge in [0, 0.05) is 33.2 Å². The zero-order chi connectivity index (χ0) is 37.1. The van der Waals surface area contributed by atoms with Gasteiger partial charge >= 0.3 is 0 Å². The number of hydrogen-bond donors (Lipinski definition) is 0. The molecule has 1 spiro atoms. The number of benzene rings is 7. The second-order valence-corrected chi connectivity index (χ2v) is 14.9. The van der Waals surface area contributed by atoms with Crippen molar-refractivity contribution in [2.75, 3.05) is 0 Å². The molecule has 0 fully saturated rings. The number of para-hydroxylation sites is 2. The van der Waals surface area contributed by atoms with Crippen LogP contribution >= 0.6 is 0 Å². The number of aromatic nitrogens is 2. The van der Waals surface area contributed by atoms with Crippen molar-refractivity contribution in [2.24, 2.45) is 0 Å². The Morgan fingerprint density at radius 2 is 0.982 bits per heavy atom. The smallest absolute Gasteiger partial charge is 0.160 e. The third-order valence-electron chi connectivity index (χ3n) is 11.4. The van der Waals surface area contributed by atoms with Gasteiger partial charge in [0.15, 0.2) is 5.82 Å². The Morgan fingerprint density at radius 1 is 0.436 bits per heavy atom. The summed E-state index contributed by atoms with van der Waals surface area (Å²) in [6.07, 6.45) is 0. The number of hydrogen-bond acceptors (Lipinski definition) is 4. The van der Waals surface area contributed by atoms with Gasteiger partial charge in [0.1, 0.15) is 11.5 Å². The maximum atomic E-state index is 9.56. The fraction of sp³-hybridized carbons (Fsp3) is 0.0784. The molecule has 8 aromatic rings. The van der Waals surface area contributed by atoms with Crippen LogP contribution < -0.4 is 4.74 Å². The first-order valence-corrected chi connectivity index (χ1v) is 18.6. The SMILES string of the molecule is CC1(C)c2ccccc2C2(c3ccccc3Oc3ccccc32)c2ccc(-c3nc(-c4ccccc4)cc(-c4cccc(-c5cccc(C#N)c5)c4)n3)cc21. The fourth-order valence-corrected chi connectivity index (χ4v) is 8.85. The van der Waals surface area contributed by atoms with Gasteiger partial charge in [0.2, 0.25) is 0 Å². The second-order valence-electron chi connectivity index (χ2n) is 14.9. The molecule has 4 heteroatoms. The molecule has 0 radical (unpaired) electrons. The van der Waals surface area contributed by atoms with Crippen molar-refractivity contribution in [3.8, 4) is 62.6 Å². The summed E-state index contributed by atoms with van der Waals surface area (Å²) in [5, 5.41) is 9.56. The molecule has 0 saturated heterocycles. The fourth-order valence-electron chi connectivity index (χ4n) is 8.85. The third kappa shape index (κ3) is 5.05. The molecule has 1 aliphatic heterocycles. The number of rotatable bonds is 4. The van der Waals surface area contributed by atoms with Crippen LogP contribution in [0.3, 0.4) is 0 Å². The standard InChI is InChI=1S/C51H35N3O/c1-50(2)39-20-6-7-21-40(39)51(42-22-8-10-24-47(42)55-48-25-11-9-23-43(48)51)41-27-26-38(30-44(41)50)49-53-45(34-15-4-3-5-16-34)31-46(54-49)37-19-13-18-36(29-37)35-17-12-14-33(28-35)32-52/h3-31H,1-2H3. The van der Waals surface area contributed by atoms with E-state index in [1.165, 1.54) is 22.3 Å². The van der Waals surface area contributed by atoms with Gasteiger partial charge in [-0.25, -0.2) is 9.97 Å². The average Bonchev–Trinajstić information content (AvgIpc) is 3.25. The lowest BCUT2D eigenvalue weighted by molar-refractivity contribution is 0.425. The van der Waals surface area contributed by atoms with Crippen LogP contribution in [0, 0.1) is 11.3 Å². The molecule has 55 heavy (non-hydrogen) atoms. The first kappa shape index (κ1) is 32.6. The van der Waals surface area contributed by atoms with Gasteiger partial charge in [-0.15, -0.1) is 0 Å². The van der Waals surface area contributed by atoms with Crippen molar-refractivity contribution < 1.29 is 4.74 Å². The van der Waals surface area contributed by atoms with Gasteiger partial charge in [0.25, 0.3) is 0 Å². The van der Waals surface area contributed by atoms with Crippen molar-refractivity contribution in [1.82, 2.24) is 9.97 Å². The zero-order valence-electron chi connectivity index (χ0n) is 30.5. The summed E-state index contributed by atoms with van der Waals surface area (Å²) in [7, 11) is 0. The van der Waals surface area contributed by atoms with E-state index in [1.54, 1.807) is 0 Å². The van der Waals surface area contributed by atoms with Crippen LogP contribution in [0.4, 0.5) is 0 Å². The monoisotopic (exact) mass is 705 g/mol. The Kier molecular flexibility index (Phi) is 7.40. The van der Waals surface area contributed by atoms with Crippen molar-refractivity contribution in [3.05, 3.63) is 215 Å². The van der Waals surface area contributed by atoms with E-state index in [9.17, 15) is 5.26 Å². The Labute approximate surface area is 321 Å². The van der Waals surface area contributed by atoms with Gasteiger partial charge in [0.05, 0.1) is 28.4 Å². The van der Waals surface area contributed by atoms with Crippen molar-refractivity contribution in [3.63, 3.8) is 0 Å². The van der Waals surface area contributed by atoms with Gasteiger partial charge in [-0.2, -0.15) is 5.26 Å². The molecule has 2 heterocycles. The molecule has 0 amide bonds. The van der Waals surface area contributed by atoms with Gasteiger partial charge in [-0.05, 0) is 75.8 Å². The van der Waals surface area contributed by atoms with Gasteiger partial charge < -0.3 is 4.74 Å². The minimum absolute atomic E-state index is 0.332. The summed E-state index contributed by atoms with van der Waals surface area (Å²) in [6, 6.07) is 63.4. The lowest BCUT2D eigenvalue weighted by atomic mass is 9.53. The molecule has 10 rings (SSSR count). The Hall–Kier alpha value is -7.09. The number of nitrogens with zero attached hydrogens (tertiary/aromatic N) is 3. The normalized spacial score (nSPS) is 14.1. The van der Waals surface area contributed by atoms with E-state index in [0.717, 1.165) is 61.8 Å². The van der Waals surface area contributed by atoms with E-state index in [-0.39, 0.29) is 5.41 Å². The molecule has 0 bridgehead atoms. The van der Waals surface area contributed by atoms with E-state index in [4.69, 9.17) is 14.7 Å². The van der Waals surface area contributed by atoms with Gasteiger partial charge in [-0.1, -0.05) is 147 Å². The maximum Gasteiger partial charge on any atom is 0.160 e. The molecule has 1 aliphatic carbocycles. The summed E-state index contributed by atoms with van der Waals surface area (Å²) in [5.41, 5.74) is 13.6. The number of nitriles is 1. The summed E-state index contributed by atoms with van der Waals surface area (Å²) in [5.74, 6) is 2.40. The summed E-state index contributed by atoms with van der Waals surface area (Å²) >= 11 is 0. The summed E-state index contributed by atoms with van der Waals surface area (Å²) in [4.78, 5) is 10.6. The molecule has 7 aromatic carbocycles. The maximum absolute atomic E-state index is 9.56. The first-order chi connectivity index (χ1) is 26.9. The Balaban J connectivity index is 1.20. The Bertz CT molecular complexity index is 2800. The molecule has 1 aromatic heterocycles. The quantitative estimate of drug-likeness (QED) is 0.183. The van der Waals surface area contributed by atoms with E-state index < -0.39 is 5.41 Å². The zero-order valence-corrected chi connectivity index (χ0v) is 30.5.